The number of ether oxygens (including phenoxy) is 2. The molecule has 6 heteroatoms. The van der Waals surface area contributed by atoms with Gasteiger partial charge in [-0.1, -0.05) is 6.07 Å². The van der Waals surface area contributed by atoms with Crippen molar-refractivity contribution in [1.29, 1.82) is 0 Å². The summed E-state index contributed by atoms with van der Waals surface area (Å²) in [5.41, 5.74) is 0.761. The molecule has 0 bridgehead atoms. The Balaban J connectivity index is 1.63. The lowest BCUT2D eigenvalue weighted by atomic mass is 10.2. The van der Waals surface area contributed by atoms with E-state index < -0.39 is 0 Å². The molecule has 1 aliphatic rings. The third kappa shape index (κ3) is 3.65. The zero-order valence-electron chi connectivity index (χ0n) is 14.0. The van der Waals surface area contributed by atoms with Crippen LogP contribution >= 0.6 is 11.3 Å². The largest absolute Gasteiger partial charge is 0.486 e. The first-order valence-corrected chi connectivity index (χ1v) is 9.13. The van der Waals surface area contributed by atoms with Crippen molar-refractivity contribution in [3.05, 3.63) is 70.8 Å². The molecular weight excluding hydrogens is 350 g/mol. The molecule has 26 heavy (non-hydrogen) atoms. The molecule has 3 heterocycles. The smallest absolute Gasteiger partial charge is 0.251 e. The number of anilines is 1. The normalized spacial score (nSPS) is 13.1. The number of fused-ring (bicyclic) bond motifs is 1. The lowest BCUT2D eigenvalue weighted by Crippen LogP contribution is -2.28. The molecule has 0 radical (unpaired) electrons. The van der Waals surface area contributed by atoms with Crippen LogP contribution in [-0.2, 0) is 11.3 Å². The highest BCUT2D eigenvalue weighted by molar-refractivity contribution is 7.09. The van der Waals surface area contributed by atoms with Gasteiger partial charge in [-0.2, -0.15) is 0 Å². The highest BCUT2D eigenvalue weighted by Gasteiger charge is 2.19. The van der Waals surface area contributed by atoms with E-state index in [1.165, 1.54) is 6.08 Å². The summed E-state index contributed by atoms with van der Waals surface area (Å²) in [5.74, 6) is 1.87. The highest BCUT2D eigenvalue weighted by Crippen LogP contribution is 2.34. The number of amides is 1. The predicted molar refractivity (Wildman–Crippen MR) is 101 cm³/mol. The number of rotatable bonds is 5. The summed E-state index contributed by atoms with van der Waals surface area (Å²) in [6, 6.07) is 13.1. The number of thiophene rings is 1. The van der Waals surface area contributed by atoms with Gasteiger partial charge in [0, 0.05) is 22.7 Å². The molecule has 2 aromatic heterocycles. The maximum atomic E-state index is 12.9. The van der Waals surface area contributed by atoms with Crippen molar-refractivity contribution in [3.63, 3.8) is 0 Å². The number of hydrogen-bond donors (Lipinski definition) is 0. The molecule has 5 nitrogen and oxygen atoms in total. The van der Waals surface area contributed by atoms with Crippen molar-refractivity contribution in [3.8, 4) is 11.5 Å². The van der Waals surface area contributed by atoms with Gasteiger partial charge in [0.2, 0.25) is 0 Å². The first-order chi connectivity index (χ1) is 12.8. The summed E-state index contributed by atoms with van der Waals surface area (Å²) in [7, 11) is 0. The van der Waals surface area contributed by atoms with Crippen LogP contribution < -0.4 is 14.4 Å². The van der Waals surface area contributed by atoms with Crippen LogP contribution in [0.2, 0.25) is 0 Å². The lowest BCUT2D eigenvalue weighted by Gasteiger charge is -2.24. The fourth-order valence-electron chi connectivity index (χ4n) is 2.68. The number of furan rings is 1. The van der Waals surface area contributed by atoms with Crippen LogP contribution in [-0.4, -0.2) is 19.1 Å². The van der Waals surface area contributed by atoms with Crippen LogP contribution in [0.15, 0.2) is 64.6 Å². The van der Waals surface area contributed by atoms with Crippen molar-refractivity contribution < 1.29 is 18.7 Å². The van der Waals surface area contributed by atoms with Crippen LogP contribution in [0.25, 0.3) is 6.08 Å². The molecule has 0 saturated heterocycles. The first kappa shape index (κ1) is 16.5. The molecule has 0 N–H and O–H groups in total. The van der Waals surface area contributed by atoms with Crippen LogP contribution in [0.1, 0.15) is 10.6 Å². The molecule has 0 saturated carbocycles. The van der Waals surface area contributed by atoms with Crippen LogP contribution in [0, 0.1) is 0 Å². The van der Waals surface area contributed by atoms with E-state index in [0.29, 0.717) is 37.0 Å². The fraction of sp³-hybridized carbons (Fsp3) is 0.150. The minimum Gasteiger partial charge on any atom is -0.486 e. The van der Waals surface area contributed by atoms with Crippen LogP contribution in [0.4, 0.5) is 5.69 Å². The Labute approximate surface area is 155 Å². The second-order valence-electron chi connectivity index (χ2n) is 5.68. The lowest BCUT2D eigenvalue weighted by molar-refractivity contribution is -0.114. The van der Waals surface area contributed by atoms with E-state index >= 15 is 0 Å². The van der Waals surface area contributed by atoms with Gasteiger partial charge in [0.15, 0.2) is 11.5 Å². The second kappa shape index (κ2) is 7.49. The zero-order valence-corrected chi connectivity index (χ0v) is 14.8. The third-order valence-corrected chi connectivity index (χ3v) is 4.79. The number of carbonyl (C=O) groups excluding carboxylic acids is 1. The molecule has 1 aromatic carbocycles. The highest BCUT2D eigenvalue weighted by atomic mass is 32.1. The minimum atomic E-state index is -0.133. The second-order valence-corrected chi connectivity index (χ2v) is 6.71. The van der Waals surface area contributed by atoms with E-state index in [4.69, 9.17) is 13.9 Å². The quantitative estimate of drug-likeness (QED) is 0.629. The van der Waals surface area contributed by atoms with E-state index in [-0.39, 0.29) is 5.91 Å². The number of carbonyl (C=O) groups is 1. The van der Waals surface area contributed by atoms with E-state index in [0.717, 1.165) is 10.6 Å². The van der Waals surface area contributed by atoms with Crippen molar-refractivity contribution in [2.45, 2.75) is 6.54 Å². The Morgan fingerprint density at radius 2 is 2.00 bits per heavy atom. The van der Waals surface area contributed by atoms with Crippen LogP contribution in [0.3, 0.4) is 0 Å². The molecule has 132 valence electrons. The predicted octanol–water partition coefficient (Wildman–Crippen LogP) is 4.36. The Morgan fingerprint density at radius 1 is 1.12 bits per heavy atom. The van der Waals surface area contributed by atoms with Gasteiger partial charge in [-0.3, -0.25) is 4.79 Å². The van der Waals surface area contributed by atoms with E-state index in [1.807, 2.05) is 35.7 Å². The molecule has 3 aromatic rings. The van der Waals surface area contributed by atoms with Crippen molar-refractivity contribution in [1.82, 2.24) is 0 Å². The molecule has 0 spiro atoms. The van der Waals surface area contributed by atoms with Gasteiger partial charge in [-0.15, -0.1) is 11.3 Å². The van der Waals surface area contributed by atoms with Gasteiger partial charge in [-0.05, 0) is 41.8 Å². The summed E-state index contributed by atoms with van der Waals surface area (Å²) < 4.78 is 16.5. The fourth-order valence-corrected chi connectivity index (χ4v) is 3.38. The Kier molecular flexibility index (Phi) is 4.75. The molecule has 0 atom stereocenters. The van der Waals surface area contributed by atoms with Crippen molar-refractivity contribution in [2.24, 2.45) is 0 Å². The molecule has 0 fully saturated rings. The Bertz CT molecular complexity index is 900. The maximum absolute atomic E-state index is 12.9. The third-order valence-electron chi connectivity index (χ3n) is 3.93. The molecule has 1 amide bonds. The number of nitrogens with zero attached hydrogens (tertiary/aromatic N) is 1. The molecule has 4 rings (SSSR count). The van der Waals surface area contributed by atoms with Gasteiger partial charge in [0.25, 0.3) is 5.91 Å². The average Bonchev–Trinajstić information content (AvgIpc) is 3.37. The van der Waals surface area contributed by atoms with Gasteiger partial charge in [0.05, 0.1) is 12.8 Å². The minimum absolute atomic E-state index is 0.133. The zero-order chi connectivity index (χ0) is 17.8. The average molecular weight is 367 g/mol. The van der Waals surface area contributed by atoms with Gasteiger partial charge in [-0.25, -0.2) is 0 Å². The summed E-state index contributed by atoms with van der Waals surface area (Å²) in [4.78, 5) is 15.7. The van der Waals surface area contributed by atoms with E-state index in [1.54, 1.807) is 40.7 Å². The van der Waals surface area contributed by atoms with Crippen molar-refractivity contribution in [2.75, 3.05) is 18.1 Å². The summed E-state index contributed by atoms with van der Waals surface area (Å²) >= 11 is 1.62. The topological polar surface area (TPSA) is 51.9 Å². The van der Waals surface area contributed by atoms with E-state index in [2.05, 4.69) is 0 Å². The first-order valence-electron chi connectivity index (χ1n) is 8.25. The van der Waals surface area contributed by atoms with Gasteiger partial charge in [0.1, 0.15) is 19.0 Å². The molecule has 0 unspecified atom stereocenters. The summed E-state index contributed by atoms with van der Waals surface area (Å²) in [6.07, 6.45) is 4.76. The van der Waals surface area contributed by atoms with Crippen molar-refractivity contribution >= 4 is 29.0 Å². The van der Waals surface area contributed by atoms with Gasteiger partial charge >= 0.3 is 0 Å². The molecule has 1 aliphatic heterocycles. The summed E-state index contributed by atoms with van der Waals surface area (Å²) in [5, 5.41) is 2.00. The Hall–Kier alpha value is -2.99. The summed E-state index contributed by atoms with van der Waals surface area (Å²) in [6.45, 7) is 1.53. The number of hydrogen-bond acceptors (Lipinski definition) is 5. The molecular formula is C20H17NO4S. The standard InChI is InChI=1S/C20H17NO4S/c22-20(8-6-16-3-1-9-23-16)21(14-17-4-2-12-26-17)15-5-7-18-19(13-15)25-11-10-24-18/h1-9,12-13H,10-11,14H2. The van der Waals surface area contributed by atoms with E-state index in [9.17, 15) is 4.79 Å². The number of benzene rings is 1. The Morgan fingerprint density at radius 3 is 2.77 bits per heavy atom. The molecule has 0 aliphatic carbocycles. The van der Waals surface area contributed by atoms with Gasteiger partial charge < -0.3 is 18.8 Å². The van der Waals surface area contributed by atoms with Crippen LogP contribution in [0.5, 0.6) is 11.5 Å². The maximum Gasteiger partial charge on any atom is 0.251 e. The monoisotopic (exact) mass is 367 g/mol. The SMILES string of the molecule is O=C(C=Cc1ccco1)N(Cc1cccs1)c1ccc2c(c1)OCCO2.